The lowest BCUT2D eigenvalue weighted by Gasteiger charge is -2.37. The molecule has 0 aromatic heterocycles. The van der Waals surface area contributed by atoms with Crippen molar-refractivity contribution >= 4 is 29.9 Å². The van der Waals surface area contributed by atoms with E-state index in [1.165, 1.54) is 11.0 Å². The Bertz CT molecular complexity index is 790. The first-order valence-corrected chi connectivity index (χ1v) is 11.7. The number of piperazine rings is 1. The Kier molecular flexibility index (Phi) is 8.39. The van der Waals surface area contributed by atoms with Crippen molar-refractivity contribution < 1.29 is 18.7 Å². The summed E-state index contributed by atoms with van der Waals surface area (Å²) in [6.45, 7) is 8.65. The predicted octanol–water partition coefficient (Wildman–Crippen LogP) is 3.72. The van der Waals surface area contributed by atoms with Gasteiger partial charge in [-0.15, -0.1) is 12.4 Å². The van der Waals surface area contributed by atoms with E-state index in [4.69, 9.17) is 4.74 Å². The summed E-state index contributed by atoms with van der Waals surface area (Å²) in [7, 11) is 0. The Morgan fingerprint density at radius 1 is 1.00 bits per heavy atom. The molecule has 1 aromatic carbocycles. The molecule has 0 N–H and O–H groups in total. The molecule has 0 spiro atoms. The summed E-state index contributed by atoms with van der Waals surface area (Å²) in [5.41, 5.74) is 0.809. The number of ether oxygens (including phenoxy) is 1. The number of anilines is 1. The van der Waals surface area contributed by atoms with Crippen LogP contribution >= 0.6 is 12.4 Å². The van der Waals surface area contributed by atoms with Gasteiger partial charge in [0.05, 0.1) is 23.6 Å². The van der Waals surface area contributed by atoms with Crippen molar-refractivity contribution in [2.45, 2.75) is 52.1 Å². The maximum atomic E-state index is 13.9. The maximum Gasteiger partial charge on any atom is 0.233 e. The van der Waals surface area contributed by atoms with Crippen LogP contribution in [0.2, 0.25) is 0 Å². The molecule has 2 saturated heterocycles. The highest BCUT2D eigenvalue weighted by Crippen LogP contribution is 2.38. The summed E-state index contributed by atoms with van der Waals surface area (Å²) >= 11 is 0. The highest BCUT2D eigenvalue weighted by molar-refractivity contribution is 6.05. The molecule has 2 amide bonds. The molecular weight excluding hydrogens is 433 g/mol. The van der Waals surface area contributed by atoms with Crippen LogP contribution in [-0.4, -0.2) is 67.0 Å². The maximum absolute atomic E-state index is 13.9. The summed E-state index contributed by atoms with van der Waals surface area (Å²) in [4.78, 5) is 31.3. The van der Waals surface area contributed by atoms with Crippen molar-refractivity contribution in [2.24, 2.45) is 11.8 Å². The second-order valence-corrected chi connectivity index (χ2v) is 9.29. The molecule has 8 heteroatoms. The Labute approximate surface area is 196 Å². The van der Waals surface area contributed by atoms with Gasteiger partial charge in [-0.25, -0.2) is 4.39 Å². The van der Waals surface area contributed by atoms with Gasteiger partial charge in [0.15, 0.2) is 0 Å². The monoisotopic (exact) mass is 467 g/mol. The van der Waals surface area contributed by atoms with Gasteiger partial charge in [-0.1, -0.05) is 12.8 Å². The number of benzene rings is 1. The Balaban J connectivity index is 0.00000289. The van der Waals surface area contributed by atoms with Crippen LogP contribution in [0.3, 0.4) is 0 Å². The van der Waals surface area contributed by atoms with Crippen LogP contribution < -0.4 is 9.64 Å². The fraction of sp³-hybridized carbons (Fsp3) is 0.667. The predicted molar refractivity (Wildman–Crippen MR) is 125 cm³/mol. The van der Waals surface area contributed by atoms with Gasteiger partial charge in [-0.05, 0) is 51.8 Å². The van der Waals surface area contributed by atoms with Crippen molar-refractivity contribution in [3.05, 3.63) is 24.0 Å². The summed E-state index contributed by atoms with van der Waals surface area (Å²) in [5, 5.41) is 0. The SMILES string of the molecule is CC(C)Oc1ccc(F)cc1N1CCN(CCCN2C(=O)C3CCCCC3C2=O)CC1.Cl. The zero-order chi connectivity index (χ0) is 22.0. The lowest BCUT2D eigenvalue weighted by molar-refractivity contribution is -0.140. The number of likely N-dealkylation sites (tertiary alicyclic amines) is 1. The highest BCUT2D eigenvalue weighted by Gasteiger charge is 2.47. The van der Waals surface area contributed by atoms with E-state index in [-0.39, 0.29) is 48.0 Å². The van der Waals surface area contributed by atoms with Crippen LogP contribution in [0.1, 0.15) is 46.0 Å². The van der Waals surface area contributed by atoms with Gasteiger partial charge >= 0.3 is 0 Å². The first kappa shape index (κ1) is 24.8. The number of amides is 2. The topological polar surface area (TPSA) is 53.1 Å². The van der Waals surface area contributed by atoms with Crippen LogP contribution in [-0.2, 0) is 9.59 Å². The second-order valence-electron chi connectivity index (χ2n) is 9.29. The lowest BCUT2D eigenvalue weighted by atomic mass is 9.81. The number of imide groups is 1. The van der Waals surface area contributed by atoms with Gasteiger partial charge < -0.3 is 9.64 Å². The molecule has 2 aliphatic heterocycles. The van der Waals surface area contributed by atoms with Crippen molar-refractivity contribution in [1.29, 1.82) is 0 Å². The minimum Gasteiger partial charge on any atom is -0.489 e. The molecule has 0 radical (unpaired) electrons. The zero-order valence-corrected chi connectivity index (χ0v) is 19.9. The molecule has 1 saturated carbocycles. The van der Waals surface area contributed by atoms with E-state index in [9.17, 15) is 14.0 Å². The number of halogens is 2. The summed E-state index contributed by atoms with van der Waals surface area (Å²) < 4.78 is 19.7. The van der Waals surface area contributed by atoms with Gasteiger partial charge in [0.2, 0.25) is 11.8 Å². The first-order valence-electron chi connectivity index (χ1n) is 11.7. The quantitative estimate of drug-likeness (QED) is 0.572. The molecule has 0 bridgehead atoms. The minimum absolute atomic E-state index is 0. The van der Waals surface area contributed by atoms with E-state index >= 15 is 0 Å². The summed E-state index contributed by atoms with van der Waals surface area (Å²) in [6, 6.07) is 4.70. The average molecular weight is 468 g/mol. The molecule has 32 heavy (non-hydrogen) atoms. The summed E-state index contributed by atoms with van der Waals surface area (Å²) in [6.07, 6.45) is 4.71. The van der Waals surface area contributed by atoms with Crippen molar-refractivity contribution in [3.63, 3.8) is 0 Å². The normalized spacial score (nSPS) is 24.0. The van der Waals surface area contributed by atoms with Crippen molar-refractivity contribution in [2.75, 3.05) is 44.2 Å². The van der Waals surface area contributed by atoms with E-state index < -0.39 is 0 Å². The third-order valence-electron chi connectivity index (χ3n) is 6.79. The largest absolute Gasteiger partial charge is 0.489 e. The van der Waals surface area contributed by atoms with Crippen LogP contribution in [0.4, 0.5) is 10.1 Å². The minimum atomic E-state index is -0.256. The molecule has 178 valence electrons. The standard InChI is InChI=1S/C24H34FN3O3.ClH/c1-17(2)31-22-9-8-18(25)16-21(22)27-14-12-26(13-15-27)10-5-11-28-23(29)19-6-3-4-7-20(19)24(28)30;/h8-9,16-17,19-20H,3-7,10-15H2,1-2H3;1H. The van der Waals surface area contributed by atoms with Crippen molar-refractivity contribution in [1.82, 2.24) is 9.80 Å². The van der Waals surface area contributed by atoms with Gasteiger partial charge in [0, 0.05) is 38.8 Å². The van der Waals surface area contributed by atoms with E-state index in [0.717, 1.165) is 76.3 Å². The zero-order valence-electron chi connectivity index (χ0n) is 19.1. The number of carbonyl (C=O) groups excluding carboxylic acids is 2. The van der Waals surface area contributed by atoms with E-state index in [1.54, 1.807) is 12.1 Å². The smallest absolute Gasteiger partial charge is 0.233 e. The van der Waals surface area contributed by atoms with Crippen LogP contribution in [0.15, 0.2) is 18.2 Å². The number of nitrogens with zero attached hydrogens (tertiary/aromatic N) is 3. The van der Waals surface area contributed by atoms with E-state index in [0.29, 0.717) is 6.54 Å². The van der Waals surface area contributed by atoms with Gasteiger partial charge in [-0.2, -0.15) is 0 Å². The molecule has 1 aromatic rings. The highest BCUT2D eigenvalue weighted by atomic mass is 35.5. The number of fused-ring (bicyclic) bond motifs is 1. The molecule has 1 aliphatic carbocycles. The number of rotatable bonds is 7. The van der Waals surface area contributed by atoms with Crippen LogP contribution in [0, 0.1) is 17.7 Å². The Morgan fingerprint density at radius 3 is 2.22 bits per heavy atom. The fourth-order valence-electron chi connectivity index (χ4n) is 5.21. The van der Waals surface area contributed by atoms with Crippen molar-refractivity contribution in [3.8, 4) is 5.75 Å². The fourth-order valence-corrected chi connectivity index (χ4v) is 5.21. The van der Waals surface area contributed by atoms with Gasteiger partial charge in [-0.3, -0.25) is 19.4 Å². The molecule has 2 unspecified atom stereocenters. The number of hydrogen-bond donors (Lipinski definition) is 0. The van der Waals surface area contributed by atoms with E-state index in [1.807, 2.05) is 13.8 Å². The Hall–Kier alpha value is -1.86. The third-order valence-corrected chi connectivity index (χ3v) is 6.79. The third kappa shape index (κ3) is 5.37. The molecule has 6 nitrogen and oxygen atoms in total. The molecule has 3 fully saturated rings. The van der Waals surface area contributed by atoms with E-state index in [2.05, 4.69) is 9.80 Å². The second kappa shape index (κ2) is 10.8. The summed E-state index contributed by atoms with van der Waals surface area (Å²) in [5.74, 6) is 0.467. The van der Waals surface area contributed by atoms with Crippen LogP contribution in [0.25, 0.3) is 0 Å². The number of carbonyl (C=O) groups is 2. The molecule has 2 heterocycles. The molecule has 4 rings (SSSR count). The average Bonchev–Trinajstić information content (AvgIpc) is 3.00. The lowest BCUT2D eigenvalue weighted by Crippen LogP contribution is -2.47. The van der Waals surface area contributed by atoms with Gasteiger partial charge in [0.1, 0.15) is 11.6 Å². The number of hydrogen-bond acceptors (Lipinski definition) is 5. The molecular formula is C24H35ClFN3O3. The first-order chi connectivity index (χ1) is 14.9. The molecule has 2 atom stereocenters. The van der Waals surface area contributed by atoms with Crippen LogP contribution in [0.5, 0.6) is 5.75 Å². The Morgan fingerprint density at radius 2 is 1.62 bits per heavy atom. The van der Waals surface area contributed by atoms with Gasteiger partial charge in [0.25, 0.3) is 0 Å². The molecule has 3 aliphatic rings.